The molecule has 0 bridgehead atoms. The van der Waals surface area contributed by atoms with Crippen molar-refractivity contribution in [1.29, 1.82) is 0 Å². The number of amides is 1. The summed E-state index contributed by atoms with van der Waals surface area (Å²) in [5, 5.41) is 2.62. The first-order chi connectivity index (χ1) is 6.15. The van der Waals surface area contributed by atoms with Gasteiger partial charge in [-0.1, -0.05) is 0 Å². The minimum Gasteiger partial charge on any atom is -0.453 e. The molecule has 1 aromatic heterocycles. The van der Waals surface area contributed by atoms with Crippen molar-refractivity contribution in [2.75, 3.05) is 7.11 Å². The van der Waals surface area contributed by atoms with Gasteiger partial charge in [0.1, 0.15) is 0 Å². The van der Waals surface area contributed by atoms with Gasteiger partial charge in [-0.05, 0) is 19.1 Å². The van der Waals surface area contributed by atoms with Crippen molar-refractivity contribution in [3.63, 3.8) is 0 Å². The molecule has 4 heteroatoms. The molecule has 0 atom stereocenters. The molecule has 0 aliphatic heterocycles. The molecule has 1 amide bonds. The SMILES string of the molecule is COC(=O)NCc1ccc(C)n1C. The summed E-state index contributed by atoms with van der Waals surface area (Å²) >= 11 is 0. The van der Waals surface area contributed by atoms with E-state index in [4.69, 9.17) is 0 Å². The Bertz CT molecular complexity index is 305. The molecule has 0 fully saturated rings. The second-order valence-corrected chi connectivity index (χ2v) is 2.87. The first-order valence-corrected chi connectivity index (χ1v) is 4.08. The number of carbonyl (C=O) groups is 1. The first-order valence-electron chi connectivity index (χ1n) is 4.08. The highest BCUT2D eigenvalue weighted by Gasteiger charge is 2.02. The van der Waals surface area contributed by atoms with Gasteiger partial charge >= 0.3 is 6.09 Å². The quantitative estimate of drug-likeness (QED) is 0.746. The summed E-state index contributed by atoms with van der Waals surface area (Å²) in [7, 11) is 3.31. The van der Waals surface area contributed by atoms with E-state index in [0.29, 0.717) is 6.54 Å². The number of carbonyl (C=O) groups excluding carboxylic acids is 1. The van der Waals surface area contributed by atoms with Crippen LogP contribution < -0.4 is 5.32 Å². The smallest absolute Gasteiger partial charge is 0.407 e. The number of hydrogen-bond acceptors (Lipinski definition) is 2. The summed E-state index contributed by atoms with van der Waals surface area (Å²) < 4.78 is 6.48. The van der Waals surface area contributed by atoms with E-state index in [1.54, 1.807) is 0 Å². The highest BCUT2D eigenvalue weighted by molar-refractivity contribution is 5.66. The number of ether oxygens (including phenoxy) is 1. The Kier molecular flexibility index (Phi) is 2.95. The number of nitrogens with one attached hydrogen (secondary N) is 1. The average Bonchev–Trinajstić information content (AvgIpc) is 2.44. The predicted octanol–water partition coefficient (Wildman–Crippen LogP) is 1.19. The molecule has 1 heterocycles. The topological polar surface area (TPSA) is 43.3 Å². The maximum absolute atomic E-state index is 10.8. The molecule has 0 saturated carbocycles. The van der Waals surface area contributed by atoms with Crippen molar-refractivity contribution in [2.24, 2.45) is 7.05 Å². The molecule has 0 aliphatic carbocycles. The third-order valence-corrected chi connectivity index (χ3v) is 2.08. The minimum atomic E-state index is -0.404. The minimum absolute atomic E-state index is 0.404. The molecule has 0 radical (unpaired) electrons. The number of methoxy groups -OCH3 is 1. The van der Waals surface area contributed by atoms with Crippen LogP contribution in [0.5, 0.6) is 0 Å². The van der Waals surface area contributed by atoms with E-state index >= 15 is 0 Å². The van der Waals surface area contributed by atoms with E-state index in [1.807, 2.05) is 30.7 Å². The lowest BCUT2D eigenvalue weighted by Crippen LogP contribution is -2.23. The highest BCUT2D eigenvalue weighted by atomic mass is 16.5. The van der Waals surface area contributed by atoms with Gasteiger partial charge in [0.15, 0.2) is 0 Å². The van der Waals surface area contributed by atoms with Gasteiger partial charge in [0.05, 0.1) is 13.7 Å². The van der Waals surface area contributed by atoms with Crippen LogP contribution in [0.15, 0.2) is 12.1 Å². The molecule has 1 N–H and O–H groups in total. The van der Waals surface area contributed by atoms with Crippen molar-refractivity contribution in [1.82, 2.24) is 9.88 Å². The Morgan fingerprint density at radius 1 is 1.62 bits per heavy atom. The van der Waals surface area contributed by atoms with Gasteiger partial charge in [0.25, 0.3) is 0 Å². The molecular formula is C9H14N2O2. The summed E-state index contributed by atoms with van der Waals surface area (Å²) in [6.45, 7) is 2.51. The number of alkyl carbamates (subject to hydrolysis) is 1. The first kappa shape index (κ1) is 9.64. The lowest BCUT2D eigenvalue weighted by atomic mass is 10.4. The third kappa shape index (κ3) is 2.24. The Morgan fingerprint density at radius 2 is 2.31 bits per heavy atom. The van der Waals surface area contributed by atoms with Gasteiger partial charge in [-0.25, -0.2) is 4.79 Å². The Labute approximate surface area is 77.5 Å². The van der Waals surface area contributed by atoms with E-state index in [-0.39, 0.29) is 0 Å². The molecule has 13 heavy (non-hydrogen) atoms. The zero-order valence-corrected chi connectivity index (χ0v) is 8.13. The van der Waals surface area contributed by atoms with Crippen LogP contribution in [-0.2, 0) is 18.3 Å². The zero-order valence-electron chi connectivity index (χ0n) is 8.13. The van der Waals surface area contributed by atoms with Crippen LogP contribution in [0.1, 0.15) is 11.4 Å². The Hall–Kier alpha value is -1.45. The predicted molar refractivity (Wildman–Crippen MR) is 49.4 cm³/mol. The molecule has 1 rings (SSSR count). The molecule has 0 aliphatic rings. The van der Waals surface area contributed by atoms with Crippen molar-refractivity contribution >= 4 is 6.09 Å². The second kappa shape index (κ2) is 3.98. The normalized spacial score (nSPS) is 9.77. The summed E-state index contributed by atoms with van der Waals surface area (Å²) in [5.41, 5.74) is 2.23. The summed E-state index contributed by atoms with van der Waals surface area (Å²) in [4.78, 5) is 10.8. The van der Waals surface area contributed by atoms with Gasteiger partial charge in [-0.2, -0.15) is 0 Å². The monoisotopic (exact) mass is 182 g/mol. The van der Waals surface area contributed by atoms with Gasteiger partial charge in [-0.15, -0.1) is 0 Å². The molecule has 0 aromatic carbocycles. The maximum Gasteiger partial charge on any atom is 0.407 e. The lowest BCUT2D eigenvalue weighted by molar-refractivity contribution is 0.170. The standard InChI is InChI=1S/C9H14N2O2/c1-7-4-5-8(11(7)2)6-10-9(12)13-3/h4-5H,6H2,1-3H3,(H,10,12). The maximum atomic E-state index is 10.8. The molecule has 0 spiro atoms. The molecular weight excluding hydrogens is 168 g/mol. The van der Waals surface area contributed by atoms with Crippen molar-refractivity contribution in [3.05, 3.63) is 23.5 Å². The van der Waals surface area contributed by atoms with Crippen molar-refractivity contribution in [3.8, 4) is 0 Å². The number of aromatic nitrogens is 1. The van der Waals surface area contributed by atoms with E-state index in [2.05, 4.69) is 10.1 Å². The number of aryl methyl sites for hydroxylation is 1. The molecule has 4 nitrogen and oxygen atoms in total. The van der Waals surface area contributed by atoms with Crippen molar-refractivity contribution < 1.29 is 9.53 Å². The van der Waals surface area contributed by atoms with E-state index in [0.717, 1.165) is 5.69 Å². The van der Waals surface area contributed by atoms with Crippen LogP contribution >= 0.6 is 0 Å². The molecule has 0 saturated heterocycles. The van der Waals surface area contributed by atoms with E-state index < -0.39 is 6.09 Å². The lowest BCUT2D eigenvalue weighted by Gasteiger charge is -2.05. The van der Waals surface area contributed by atoms with Crippen LogP contribution in [0.4, 0.5) is 4.79 Å². The van der Waals surface area contributed by atoms with Gasteiger partial charge in [0, 0.05) is 18.4 Å². The van der Waals surface area contributed by atoms with Crippen LogP contribution in [0.3, 0.4) is 0 Å². The number of rotatable bonds is 2. The highest BCUT2D eigenvalue weighted by Crippen LogP contribution is 2.04. The van der Waals surface area contributed by atoms with Crippen LogP contribution in [0, 0.1) is 6.92 Å². The second-order valence-electron chi connectivity index (χ2n) is 2.87. The molecule has 72 valence electrons. The Balaban J connectivity index is 2.55. The van der Waals surface area contributed by atoms with Gasteiger partial charge in [0.2, 0.25) is 0 Å². The van der Waals surface area contributed by atoms with Gasteiger partial charge in [-0.3, -0.25) is 0 Å². The number of hydrogen-bond donors (Lipinski definition) is 1. The zero-order chi connectivity index (χ0) is 9.84. The fourth-order valence-electron chi connectivity index (χ4n) is 1.08. The van der Waals surface area contributed by atoms with Crippen LogP contribution in [0.25, 0.3) is 0 Å². The van der Waals surface area contributed by atoms with E-state index in [9.17, 15) is 4.79 Å². The van der Waals surface area contributed by atoms with Gasteiger partial charge < -0.3 is 14.6 Å². The Morgan fingerprint density at radius 3 is 2.77 bits per heavy atom. The summed E-state index contributed by atoms with van der Waals surface area (Å²) in [6, 6.07) is 3.99. The van der Waals surface area contributed by atoms with Crippen molar-refractivity contribution in [2.45, 2.75) is 13.5 Å². The van der Waals surface area contributed by atoms with Crippen LogP contribution in [-0.4, -0.2) is 17.8 Å². The fourth-order valence-corrected chi connectivity index (χ4v) is 1.08. The van der Waals surface area contributed by atoms with E-state index in [1.165, 1.54) is 12.8 Å². The van der Waals surface area contributed by atoms with Crippen LogP contribution in [0.2, 0.25) is 0 Å². The summed E-state index contributed by atoms with van der Waals surface area (Å²) in [5.74, 6) is 0. The summed E-state index contributed by atoms with van der Waals surface area (Å²) in [6.07, 6.45) is -0.404. The molecule has 1 aromatic rings. The molecule has 0 unspecified atom stereocenters. The number of nitrogens with zero attached hydrogens (tertiary/aromatic N) is 1. The third-order valence-electron chi connectivity index (χ3n) is 2.08. The average molecular weight is 182 g/mol. The largest absolute Gasteiger partial charge is 0.453 e. The fraction of sp³-hybridized carbons (Fsp3) is 0.444.